The highest BCUT2D eigenvalue weighted by molar-refractivity contribution is 5.50. The van der Waals surface area contributed by atoms with Crippen LogP contribution in [0.3, 0.4) is 0 Å². The molecule has 4 rings (SSSR count). The van der Waals surface area contributed by atoms with Crippen molar-refractivity contribution in [2.24, 2.45) is 11.8 Å². The molecule has 27 heavy (non-hydrogen) atoms. The van der Waals surface area contributed by atoms with Crippen LogP contribution in [0.25, 0.3) is 0 Å². The Morgan fingerprint density at radius 1 is 1.33 bits per heavy atom. The Morgan fingerprint density at radius 3 is 2.81 bits per heavy atom. The Morgan fingerprint density at radius 2 is 2.15 bits per heavy atom. The van der Waals surface area contributed by atoms with E-state index in [1.165, 1.54) is 17.5 Å². The van der Waals surface area contributed by atoms with E-state index in [2.05, 4.69) is 30.9 Å². The summed E-state index contributed by atoms with van der Waals surface area (Å²) < 4.78 is 29.8. The summed E-state index contributed by atoms with van der Waals surface area (Å²) in [5.74, 6) is 2.84. The van der Waals surface area contributed by atoms with E-state index < -0.39 is 0 Å². The number of piperidine rings is 1. The van der Waals surface area contributed by atoms with E-state index >= 15 is 0 Å². The molecule has 2 fully saturated rings. The standard InChI is InChI=1S/C22H32FNO3/c1-15(2)9-17-13-24-7-5-16-10-21(26-8-4-6-23)20(25-3)11-18(16)19(24)12-22(17)14-27-22/h10-11,15,17,19H,4-9,12-14H2,1-3H3/t17-,19-,22+/m1/s1/i23-1. The molecule has 1 aromatic rings. The molecule has 4 nitrogen and oxygen atoms in total. The largest absolute Gasteiger partial charge is 0.493 e. The molecule has 0 amide bonds. The second-order valence-electron chi connectivity index (χ2n) is 8.74. The molecule has 5 heteroatoms. The van der Waals surface area contributed by atoms with E-state index in [1.807, 2.05) is 0 Å². The minimum Gasteiger partial charge on any atom is -0.493 e. The van der Waals surface area contributed by atoms with Gasteiger partial charge in [-0.2, -0.15) is 0 Å². The van der Waals surface area contributed by atoms with Gasteiger partial charge in [-0.05, 0) is 48.4 Å². The van der Waals surface area contributed by atoms with Gasteiger partial charge in [-0.1, -0.05) is 13.8 Å². The first kappa shape index (κ1) is 19.0. The summed E-state index contributed by atoms with van der Waals surface area (Å²) in [6.45, 7) is 7.76. The van der Waals surface area contributed by atoms with Crippen LogP contribution in [0.15, 0.2) is 12.1 Å². The molecule has 0 N–H and O–H groups in total. The fourth-order valence-corrected chi connectivity index (χ4v) is 4.98. The highest BCUT2D eigenvalue weighted by atomic mass is 18.2. The highest BCUT2D eigenvalue weighted by Crippen LogP contribution is 2.53. The zero-order valence-corrected chi connectivity index (χ0v) is 16.8. The Hall–Kier alpha value is -1.33. The lowest BCUT2D eigenvalue weighted by Gasteiger charge is -2.47. The topological polar surface area (TPSA) is 34.2 Å². The summed E-state index contributed by atoms with van der Waals surface area (Å²) in [7, 11) is 1.68. The van der Waals surface area contributed by atoms with Gasteiger partial charge >= 0.3 is 0 Å². The maximum atomic E-state index is 12.4. The third-order valence-electron chi connectivity index (χ3n) is 6.44. The maximum Gasteiger partial charge on any atom is 0.161 e. The van der Waals surface area contributed by atoms with E-state index in [0.717, 1.165) is 44.0 Å². The number of methoxy groups -OCH3 is 1. The number of fused-ring (bicyclic) bond motifs is 3. The minimum atomic E-state index is -0.357. The zero-order chi connectivity index (χ0) is 19.0. The molecule has 0 aliphatic carbocycles. The quantitative estimate of drug-likeness (QED) is 0.528. The van der Waals surface area contributed by atoms with E-state index in [0.29, 0.717) is 30.9 Å². The third-order valence-corrected chi connectivity index (χ3v) is 6.44. The summed E-state index contributed by atoms with van der Waals surface area (Å²) in [5, 5.41) is 0. The molecular formula is C22H32FNO3. The number of epoxide rings is 1. The molecule has 3 aliphatic rings. The molecule has 3 heterocycles. The predicted molar refractivity (Wildman–Crippen MR) is 103 cm³/mol. The summed E-state index contributed by atoms with van der Waals surface area (Å²) in [4.78, 5) is 2.64. The first-order chi connectivity index (χ1) is 13.1. The summed E-state index contributed by atoms with van der Waals surface area (Å²) >= 11 is 0. The maximum absolute atomic E-state index is 12.4. The number of alkyl halides is 1. The zero-order valence-electron chi connectivity index (χ0n) is 16.8. The van der Waals surface area contributed by atoms with Crippen molar-refractivity contribution in [3.8, 4) is 11.5 Å². The molecule has 3 atom stereocenters. The molecular weight excluding hydrogens is 344 g/mol. The second-order valence-corrected chi connectivity index (χ2v) is 8.74. The molecule has 1 spiro atoms. The van der Waals surface area contributed by atoms with Gasteiger partial charge in [0.1, 0.15) is 0 Å². The van der Waals surface area contributed by atoms with Gasteiger partial charge in [-0.25, -0.2) is 0 Å². The molecule has 0 unspecified atom stereocenters. The van der Waals surface area contributed by atoms with Crippen molar-refractivity contribution >= 4 is 0 Å². The SMILES string of the molecule is COc1cc2c(cc1OCCC[18F])CCN1C[C@@H](CC(C)C)[C@@]3(CO3)C[C@H]21. The molecule has 0 radical (unpaired) electrons. The summed E-state index contributed by atoms with van der Waals surface area (Å²) in [6.07, 6.45) is 3.74. The molecule has 3 aliphatic heterocycles. The number of hydrogen-bond acceptors (Lipinski definition) is 4. The van der Waals surface area contributed by atoms with Crippen LogP contribution in [0, 0.1) is 11.8 Å². The van der Waals surface area contributed by atoms with Crippen LogP contribution in [0.2, 0.25) is 0 Å². The third kappa shape index (κ3) is 3.68. The molecule has 2 saturated heterocycles. The number of hydrogen-bond donors (Lipinski definition) is 0. The monoisotopic (exact) mass is 376 g/mol. The molecule has 0 aromatic heterocycles. The Labute approximate surface area is 162 Å². The van der Waals surface area contributed by atoms with Crippen LogP contribution in [0.5, 0.6) is 11.5 Å². The number of halogens is 1. The van der Waals surface area contributed by atoms with Gasteiger partial charge in [0.25, 0.3) is 0 Å². The molecule has 1 aromatic carbocycles. The van der Waals surface area contributed by atoms with E-state index in [4.69, 9.17) is 14.2 Å². The molecule has 0 saturated carbocycles. The second kappa shape index (κ2) is 7.59. The van der Waals surface area contributed by atoms with Crippen molar-refractivity contribution in [3.63, 3.8) is 0 Å². The van der Waals surface area contributed by atoms with Crippen molar-refractivity contribution in [3.05, 3.63) is 23.3 Å². The minimum absolute atomic E-state index is 0.0869. The molecule has 0 bridgehead atoms. The van der Waals surface area contributed by atoms with Crippen molar-refractivity contribution in [2.45, 2.75) is 51.2 Å². The lowest BCUT2D eigenvalue weighted by molar-refractivity contribution is 0.0224. The normalized spacial score (nSPS) is 29.5. The first-order valence-corrected chi connectivity index (χ1v) is 10.3. The molecule has 150 valence electrons. The highest BCUT2D eigenvalue weighted by Gasteiger charge is 2.57. The lowest BCUT2D eigenvalue weighted by atomic mass is 9.74. The van der Waals surface area contributed by atoms with Gasteiger partial charge in [0.05, 0.1) is 32.6 Å². The van der Waals surface area contributed by atoms with Crippen LogP contribution in [-0.2, 0) is 11.2 Å². The number of ether oxygens (including phenoxy) is 3. The first-order valence-electron chi connectivity index (χ1n) is 10.3. The van der Waals surface area contributed by atoms with E-state index in [-0.39, 0.29) is 12.3 Å². The van der Waals surface area contributed by atoms with Gasteiger partial charge in [0.2, 0.25) is 0 Å². The van der Waals surface area contributed by atoms with E-state index in [9.17, 15) is 4.39 Å². The van der Waals surface area contributed by atoms with Crippen molar-refractivity contribution in [2.75, 3.05) is 40.1 Å². The van der Waals surface area contributed by atoms with Gasteiger partial charge in [0.15, 0.2) is 11.5 Å². The van der Waals surface area contributed by atoms with Crippen molar-refractivity contribution in [1.82, 2.24) is 4.90 Å². The van der Waals surface area contributed by atoms with Crippen molar-refractivity contribution < 1.29 is 18.6 Å². The van der Waals surface area contributed by atoms with Crippen molar-refractivity contribution in [1.29, 1.82) is 0 Å². The average molecular weight is 377 g/mol. The van der Waals surface area contributed by atoms with Gasteiger partial charge in [-0.3, -0.25) is 9.29 Å². The van der Waals surface area contributed by atoms with Crippen LogP contribution < -0.4 is 9.47 Å². The predicted octanol–water partition coefficient (Wildman–Crippen LogP) is 4.17. The number of rotatable bonds is 7. The fourth-order valence-electron chi connectivity index (χ4n) is 4.98. The van der Waals surface area contributed by atoms with E-state index in [1.54, 1.807) is 7.11 Å². The summed E-state index contributed by atoms with van der Waals surface area (Å²) in [6, 6.07) is 4.66. The summed E-state index contributed by atoms with van der Waals surface area (Å²) in [5.41, 5.74) is 2.78. The Balaban J connectivity index is 1.58. The van der Waals surface area contributed by atoms with Crippen LogP contribution >= 0.6 is 0 Å². The fraction of sp³-hybridized carbons (Fsp3) is 0.727. The number of nitrogens with zero attached hydrogens (tertiary/aromatic N) is 1. The number of benzene rings is 1. The van der Waals surface area contributed by atoms with Gasteiger partial charge in [-0.15, -0.1) is 0 Å². The van der Waals surface area contributed by atoms with Crippen LogP contribution in [0.4, 0.5) is 4.39 Å². The smallest absolute Gasteiger partial charge is 0.161 e. The van der Waals surface area contributed by atoms with Gasteiger partial charge in [0, 0.05) is 31.5 Å². The lowest BCUT2D eigenvalue weighted by Crippen LogP contribution is -2.50. The average Bonchev–Trinajstić information content (AvgIpc) is 3.42. The van der Waals surface area contributed by atoms with Crippen LogP contribution in [0.1, 0.15) is 50.3 Å². The Bertz CT molecular complexity index is 674. The van der Waals surface area contributed by atoms with Crippen LogP contribution in [-0.4, -0.2) is 50.6 Å². The van der Waals surface area contributed by atoms with Gasteiger partial charge < -0.3 is 14.2 Å². The Kier molecular flexibility index (Phi) is 5.34.